The lowest BCUT2D eigenvalue weighted by Crippen LogP contribution is -2.06. The lowest BCUT2D eigenvalue weighted by molar-refractivity contribution is 0.0520. The number of nitrogens with zero attached hydrogens (tertiary/aromatic N) is 3. The van der Waals surface area contributed by atoms with Crippen LogP contribution in [-0.4, -0.2) is 33.0 Å². The highest BCUT2D eigenvalue weighted by molar-refractivity contribution is 7.22. The number of fused-ring (bicyclic) bond motifs is 1. The van der Waals surface area contributed by atoms with Gasteiger partial charge >= 0.3 is 5.97 Å². The zero-order chi connectivity index (χ0) is 14.1. The van der Waals surface area contributed by atoms with E-state index in [-0.39, 0.29) is 12.3 Å². The average Bonchev–Trinajstić information content (AvgIpc) is 3.02. The summed E-state index contributed by atoms with van der Waals surface area (Å²) in [6.07, 6.45) is 0. The van der Waals surface area contributed by atoms with Gasteiger partial charge in [0, 0.05) is 5.56 Å². The summed E-state index contributed by atoms with van der Waals surface area (Å²) in [7, 11) is 0. The Balaban J connectivity index is 2.06. The zero-order valence-electron chi connectivity index (χ0n) is 10.6. The Morgan fingerprint density at radius 3 is 3.10 bits per heavy atom. The normalized spacial score (nSPS) is 10.8. The Bertz CT molecular complexity index is 779. The predicted octanol–water partition coefficient (Wildman–Crippen LogP) is 1.84. The van der Waals surface area contributed by atoms with Crippen molar-refractivity contribution in [3.8, 4) is 11.3 Å². The molecule has 8 heteroatoms. The molecule has 1 aromatic carbocycles. The largest absolute Gasteiger partial charge is 0.461 e. The minimum Gasteiger partial charge on any atom is -0.461 e. The van der Waals surface area contributed by atoms with Gasteiger partial charge in [-0.2, -0.15) is 10.3 Å². The summed E-state index contributed by atoms with van der Waals surface area (Å²) in [5.41, 5.74) is 7.88. The first-order valence-electron chi connectivity index (χ1n) is 5.93. The third-order valence-corrected chi connectivity index (χ3v) is 3.54. The molecule has 0 saturated carbocycles. The smallest absolute Gasteiger partial charge is 0.361 e. The summed E-state index contributed by atoms with van der Waals surface area (Å²) in [5.74, 6) is -0.500. The molecule has 0 bridgehead atoms. The minimum atomic E-state index is -0.500. The molecule has 0 amide bonds. The van der Waals surface area contributed by atoms with Gasteiger partial charge in [-0.15, -0.1) is 5.10 Å². The van der Waals surface area contributed by atoms with E-state index in [9.17, 15) is 4.79 Å². The van der Waals surface area contributed by atoms with Crippen molar-refractivity contribution in [1.29, 1.82) is 0 Å². The predicted molar refractivity (Wildman–Crippen MR) is 75.4 cm³/mol. The van der Waals surface area contributed by atoms with Gasteiger partial charge in [0.2, 0.25) is 0 Å². The third kappa shape index (κ3) is 2.10. The molecular formula is C12H11N5O2S. The molecule has 0 aliphatic carbocycles. The second-order valence-electron chi connectivity index (χ2n) is 3.98. The summed E-state index contributed by atoms with van der Waals surface area (Å²) in [5, 5.41) is 10.8. The summed E-state index contributed by atoms with van der Waals surface area (Å²) in [6, 6.07) is 5.53. The number of hydrogen-bond donors (Lipinski definition) is 2. The average molecular weight is 289 g/mol. The number of nitrogen functional groups attached to an aromatic ring is 1. The van der Waals surface area contributed by atoms with E-state index in [0.29, 0.717) is 10.8 Å². The summed E-state index contributed by atoms with van der Waals surface area (Å²) < 4.78 is 5.88. The highest BCUT2D eigenvalue weighted by atomic mass is 32.1. The van der Waals surface area contributed by atoms with Crippen LogP contribution in [0.3, 0.4) is 0 Å². The van der Waals surface area contributed by atoms with Crippen LogP contribution in [0.5, 0.6) is 0 Å². The van der Waals surface area contributed by atoms with Gasteiger partial charge in [-0.25, -0.2) is 9.78 Å². The van der Waals surface area contributed by atoms with E-state index in [1.165, 1.54) is 11.3 Å². The number of aromatic nitrogens is 4. The van der Waals surface area contributed by atoms with Gasteiger partial charge in [0.15, 0.2) is 10.8 Å². The molecule has 3 N–H and O–H groups in total. The molecule has 20 heavy (non-hydrogen) atoms. The maximum Gasteiger partial charge on any atom is 0.361 e. The number of H-pyrrole nitrogens is 1. The van der Waals surface area contributed by atoms with Crippen LogP contribution < -0.4 is 5.73 Å². The number of carbonyl (C=O) groups is 1. The molecule has 3 aromatic rings. The molecule has 0 radical (unpaired) electrons. The van der Waals surface area contributed by atoms with E-state index in [0.717, 1.165) is 15.8 Å². The quantitative estimate of drug-likeness (QED) is 0.712. The van der Waals surface area contributed by atoms with E-state index >= 15 is 0 Å². The fourth-order valence-electron chi connectivity index (χ4n) is 1.86. The number of nitrogens with one attached hydrogen (secondary N) is 1. The van der Waals surface area contributed by atoms with Crippen molar-refractivity contribution < 1.29 is 9.53 Å². The van der Waals surface area contributed by atoms with Gasteiger partial charge in [0.1, 0.15) is 5.69 Å². The molecule has 2 heterocycles. The standard InChI is InChI=1S/C12H11N5O2S/c1-2-19-11(18)10-9(15-17-16-10)6-3-4-7-8(5-6)20-12(13)14-7/h3-5H,2H2,1H3,(H2,13,14)(H,15,16,17). The molecule has 0 saturated heterocycles. The fourth-order valence-corrected chi connectivity index (χ4v) is 2.64. The monoisotopic (exact) mass is 289 g/mol. The number of ether oxygens (including phenoxy) is 1. The third-order valence-electron chi connectivity index (χ3n) is 2.70. The van der Waals surface area contributed by atoms with Crippen molar-refractivity contribution in [1.82, 2.24) is 20.4 Å². The van der Waals surface area contributed by atoms with Crippen molar-refractivity contribution in [3.63, 3.8) is 0 Å². The SMILES string of the molecule is CCOC(=O)c1n[nH]nc1-c1ccc2nc(N)sc2c1. The molecule has 7 nitrogen and oxygen atoms in total. The molecule has 0 aliphatic heterocycles. The maximum absolute atomic E-state index is 11.8. The van der Waals surface area contributed by atoms with Crippen molar-refractivity contribution in [2.75, 3.05) is 12.3 Å². The van der Waals surface area contributed by atoms with E-state index < -0.39 is 5.97 Å². The number of rotatable bonds is 3. The second-order valence-corrected chi connectivity index (χ2v) is 5.04. The van der Waals surface area contributed by atoms with Crippen molar-refractivity contribution >= 4 is 32.7 Å². The van der Waals surface area contributed by atoms with Crippen LogP contribution >= 0.6 is 11.3 Å². The number of esters is 1. The molecule has 0 atom stereocenters. The Kier molecular flexibility index (Phi) is 3.07. The Morgan fingerprint density at radius 2 is 2.30 bits per heavy atom. The molecular weight excluding hydrogens is 278 g/mol. The number of anilines is 1. The highest BCUT2D eigenvalue weighted by Gasteiger charge is 2.19. The first-order chi connectivity index (χ1) is 9.69. The van der Waals surface area contributed by atoms with Gasteiger partial charge < -0.3 is 10.5 Å². The summed E-state index contributed by atoms with van der Waals surface area (Å²) >= 11 is 1.38. The van der Waals surface area contributed by atoms with Crippen LogP contribution in [0.1, 0.15) is 17.4 Å². The second kappa shape index (κ2) is 4.89. The first-order valence-corrected chi connectivity index (χ1v) is 6.75. The number of hydrogen-bond acceptors (Lipinski definition) is 7. The van der Waals surface area contributed by atoms with E-state index in [1.54, 1.807) is 6.92 Å². The number of nitrogens with two attached hydrogens (primary N) is 1. The minimum absolute atomic E-state index is 0.170. The van der Waals surface area contributed by atoms with Crippen molar-refractivity contribution in [3.05, 3.63) is 23.9 Å². The van der Waals surface area contributed by atoms with Crippen LogP contribution in [0, 0.1) is 0 Å². The molecule has 102 valence electrons. The topological polar surface area (TPSA) is 107 Å². The number of benzene rings is 1. The van der Waals surface area contributed by atoms with Crippen LogP contribution in [0.2, 0.25) is 0 Å². The van der Waals surface area contributed by atoms with Crippen LogP contribution in [0.4, 0.5) is 5.13 Å². The molecule has 2 aromatic heterocycles. The highest BCUT2D eigenvalue weighted by Crippen LogP contribution is 2.29. The van der Waals surface area contributed by atoms with E-state index in [1.807, 2.05) is 18.2 Å². The van der Waals surface area contributed by atoms with E-state index in [4.69, 9.17) is 10.5 Å². The van der Waals surface area contributed by atoms with Crippen molar-refractivity contribution in [2.24, 2.45) is 0 Å². The first kappa shape index (κ1) is 12.5. The Morgan fingerprint density at radius 1 is 1.45 bits per heavy atom. The van der Waals surface area contributed by atoms with Gasteiger partial charge in [0.25, 0.3) is 0 Å². The van der Waals surface area contributed by atoms with Crippen LogP contribution in [0.25, 0.3) is 21.5 Å². The van der Waals surface area contributed by atoms with Crippen molar-refractivity contribution in [2.45, 2.75) is 6.92 Å². The van der Waals surface area contributed by atoms with E-state index in [2.05, 4.69) is 20.4 Å². The number of carbonyl (C=O) groups excluding carboxylic acids is 1. The van der Waals surface area contributed by atoms with Gasteiger partial charge in [-0.1, -0.05) is 17.4 Å². The fraction of sp³-hybridized carbons (Fsp3) is 0.167. The zero-order valence-corrected chi connectivity index (χ0v) is 11.4. The molecule has 0 unspecified atom stereocenters. The maximum atomic E-state index is 11.8. The molecule has 0 spiro atoms. The van der Waals surface area contributed by atoms with Gasteiger partial charge in [-0.3, -0.25) is 0 Å². The number of thiazole rings is 1. The lowest BCUT2D eigenvalue weighted by Gasteiger charge is -2.01. The summed E-state index contributed by atoms with van der Waals surface area (Å²) in [6.45, 7) is 2.03. The summed E-state index contributed by atoms with van der Waals surface area (Å²) in [4.78, 5) is 16.0. The molecule has 0 fully saturated rings. The van der Waals surface area contributed by atoms with Gasteiger partial charge in [0.05, 0.1) is 16.8 Å². The van der Waals surface area contributed by atoms with Crippen LogP contribution in [-0.2, 0) is 4.74 Å². The number of aromatic amines is 1. The molecule has 3 rings (SSSR count). The van der Waals surface area contributed by atoms with Crippen LogP contribution in [0.15, 0.2) is 18.2 Å². The lowest BCUT2D eigenvalue weighted by atomic mass is 10.1. The Labute approximate surface area is 117 Å². The Hall–Kier alpha value is -2.48. The molecule has 0 aliphatic rings. The van der Waals surface area contributed by atoms with Gasteiger partial charge in [-0.05, 0) is 19.1 Å².